The highest BCUT2D eigenvalue weighted by Gasteiger charge is 2.26. The Balaban J connectivity index is 2.21. The Morgan fingerprint density at radius 1 is 1.38 bits per heavy atom. The highest BCUT2D eigenvalue weighted by molar-refractivity contribution is 7.98. The topological polar surface area (TPSA) is 84.5 Å². The van der Waals surface area contributed by atoms with Crippen LogP contribution >= 0.6 is 34.7 Å². The number of ether oxygens (including phenoxy) is 1. The van der Waals surface area contributed by atoms with Crippen LogP contribution in [0.5, 0.6) is 5.75 Å². The third-order valence-corrected chi connectivity index (χ3v) is 7.15. The number of halogens is 1. The van der Waals surface area contributed by atoms with Gasteiger partial charge in [0.05, 0.1) is 12.8 Å². The summed E-state index contributed by atoms with van der Waals surface area (Å²) in [5.74, 6) is 0.588. The number of carbonyl (C=O) groups is 1. The van der Waals surface area contributed by atoms with E-state index in [0.717, 1.165) is 11.3 Å². The molecule has 0 aliphatic carbocycles. The second kappa shape index (κ2) is 9.61. The molecule has 0 radical (unpaired) electrons. The first-order valence-corrected chi connectivity index (χ1v) is 11.7. The van der Waals surface area contributed by atoms with Crippen molar-refractivity contribution in [3.8, 4) is 5.75 Å². The van der Waals surface area contributed by atoms with Crippen molar-refractivity contribution < 1.29 is 17.9 Å². The summed E-state index contributed by atoms with van der Waals surface area (Å²) in [6.45, 7) is 0. The maximum atomic E-state index is 12.7. The Bertz CT molecular complexity index is 841. The van der Waals surface area contributed by atoms with Gasteiger partial charge in [0.15, 0.2) is 0 Å². The molecule has 2 N–H and O–H groups in total. The predicted octanol–water partition coefficient (Wildman–Crippen LogP) is 3.45. The molecule has 0 bridgehead atoms. The van der Waals surface area contributed by atoms with Crippen LogP contribution in [0.3, 0.4) is 0 Å². The third-order valence-electron chi connectivity index (χ3n) is 3.40. The lowest BCUT2D eigenvalue weighted by atomic mass is 10.2. The van der Waals surface area contributed by atoms with Crippen LogP contribution in [-0.4, -0.2) is 39.5 Å². The molecule has 0 aliphatic rings. The number of carbonyl (C=O) groups excluding carboxylic acids is 1. The van der Waals surface area contributed by atoms with Crippen molar-refractivity contribution in [2.75, 3.05) is 24.4 Å². The molecule has 1 atom stereocenters. The second-order valence-electron chi connectivity index (χ2n) is 5.22. The van der Waals surface area contributed by atoms with Crippen LogP contribution < -0.4 is 14.8 Å². The fourth-order valence-electron chi connectivity index (χ4n) is 2.14. The molecule has 1 heterocycles. The lowest BCUT2D eigenvalue weighted by Crippen LogP contribution is -2.44. The zero-order valence-electron chi connectivity index (χ0n) is 14.2. The molecule has 0 unspecified atom stereocenters. The molecule has 0 saturated heterocycles. The van der Waals surface area contributed by atoms with Crippen molar-refractivity contribution in [1.29, 1.82) is 0 Å². The van der Waals surface area contributed by atoms with Crippen LogP contribution in [0, 0.1) is 0 Å². The molecule has 142 valence electrons. The zero-order chi connectivity index (χ0) is 19.2. The lowest BCUT2D eigenvalue weighted by molar-refractivity contribution is -0.117. The summed E-state index contributed by atoms with van der Waals surface area (Å²) in [6.07, 6.45) is 2.24. The molecule has 10 heteroatoms. The number of thiophene rings is 1. The SMILES string of the molecule is COc1ccc(Cl)cc1NC(=O)[C@@H](CCSC)NS(=O)(=O)c1cccs1. The fraction of sp³-hybridized carbons (Fsp3) is 0.312. The van der Waals surface area contributed by atoms with Crippen LogP contribution in [-0.2, 0) is 14.8 Å². The van der Waals surface area contributed by atoms with E-state index in [4.69, 9.17) is 16.3 Å². The average Bonchev–Trinajstić information content (AvgIpc) is 3.14. The highest BCUT2D eigenvalue weighted by Crippen LogP contribution is 2.28. The number of benzene rings is 1. The number of rotatable bonds is 9. The second-order valence-corrected chi connectivity index (χ2v) is 9.53. The van der Waals surface area contributed by atoms with Gasteiger partial charge in [0, 0.05) is 5.02 Å². The first kappa shape index (κ1) is 21.0. The van der Waals surface area contributed by atoms with E-state index in [2.05, 4.69) is 10.0 Å². The Kier molecular flexibility index (Phi) is 7.78. The van der Waals surface area contributed by atoms with E-state index < -0.39 is 22.0 Å². The summed E-state index contributed by atoms with van der Waals surface area (Å²) in [7, 11) is -2.29. The molecule has 26 heavy (non-hydrogen) atoms. The Morgan fingerprint density at radius 2 is 2.15 bits per heavy atom. The number of thioether (sulfide) groups is 1. The van der Waals surface area contributed by atoms with Crippen LogP contribution in [0.1, 0.15) is 6.42 Å². The van der Waals surface area contributed by atoms with Gasteiger partial charge in [0.25, 0.3) is 10.0 Å². The molecule has 0 spiro atoms. The van der Waals surface area contributed by atoms with Crippen LogP contribution in [0.2, 0.25) is 5.02 Å². The molecule has 0 aliphatic heterocycles. The third kappa shape index (κ3) is 5.62. The summed E-state index contributed by atoms with van der Waals surface area (Å²) in [6, 6.07) is 7.05. The van der Waals surface area contributed by atoms with E-state index in [-0.39, 0.29) is 4.21 Å². The standard InChI is InChI=1S/C16H19ClN2O4S3/c1-23-14-6-5-11(17)10-13(14)18-16(20)12(7-9-24-2)19-26(21,22)15-4-3-8-25-15/h3-6,8,10,12,19H,7,9H2,1-2H3,(H,18,20)/t12-/m1/s1. The number of hydrogen-bond acceptors (Lipinski definition) is 6. The van der Waals surface area contributed by atoms with Crippen molar-refractivity contribution in [1.82, 2.24) is 4.72 Å². The van der Waals surface area contributed by atoms with E-state index in [0.29, 0.717) is 28.6 Å². The minimum Gasteiger partial charge on any atom is -0.495 e. The van der Waals surface area contributed by atoms with Gasteiger partial charge >= 0.3 is 0 Å². The van der Waals surface area contributed by atoms with E-state index in [1.165, 1.54) is 24.9 Å². The van der Waals surface area contributed by atoms with Gasteiger partial charge in [-0.25, -0.2) is 8.42 Å². The van der Waals surface area contributed by atoms with Crippen molar-refractivity contribution >= 4 is 56.3 Å². The summed E-state index contributed by atoms with van der Waals surface area (Å²) < 4.78 is 32.8. The average molecular weight is 435 g/mol. The molecule has 1 aromatic heterocycles. The van der Waals surface area contributed by atoms with Crippen molar-refractivity contribution in [2.45, 2.75) is 16.7 Å². The van der Waals surface area contributed by atoms with E-state index in [1.54, 1.807) is 29.6 Å². The summed E-state index contributed by atoms with van der Waals surface area (Å²) >= 11 is 8.60. The molecular formula is C16H19ClN2O4S3. The lowest BCUT2D eigenvalue weighted by Gasteiger charge is -2.19. The van der Waals surface area contributed by atoms with Crippen molar-refractivity contribution in [2.24, 2.45) is 0 Å². The van der Waals surface area contributed by atoms with Crippen LogP contribution in [0.15, 0.2) is 39.9 Å². The normalized spacial score (nSPS) is 12.6. The Morgan fingerprint density at radius 3 is 2.77 bits per heavy atom. The van der Waals surface area contributed by atoms with Gasteiger partial charge in [-0.3, -0.25) is 4.79 Å². The first-order chi connectivity index (χ1) is 12.4. The number of methoxy groups -OCH3 is 1. The zero-order valence-corrected chi connectivity index (χ0v) is 17.4. The minimum absolute atomic E-state index is 0.166. The highest BCUT2D eigenvalue weighted by atomic mass is 35.5. The molecule has 2 aromatic rings. The molecule has 2 rings (SSSR count). The number of hydrogen-bond donors (Lipinski definition) is 2. The Hall–Kier alpha value is -1.26. The maximum Gasteiger partial charge on any atom is 0.250 e. The Labute approximate surface area is 166 Å². The first-order valence-electron chi connectivity index (χ1n) is 7.56. The molecule has 0 fully saturated rings. The van der Waals surface area contributed by atoms with Gasteiger partial charge in [0.2, 0.25) is 5.91 Å². The van der Waals surface area contributed by atoms with Gasteiger partial charge in [-0.1, -0.05) is 17.7 Å². The molecule has 0 saturated carbocycles. The van der Waals surface area contributed by atoms with Crippen LogP contribution in [0.25, 0.3) is 0 Å². The van der Waals surface area contributed by atoms with E-state index in [9.17, 15) is 13.2 Å². The fourth-order valence-corrected chi connectivity index (χ4v) is 5.02. The summed E-state index contributed by atoms with van der Waals surface area (Å²) in [4.78, 5) is 12.7. The molecule has 6 nitrogen and oxygen atoms in total. The minimum atomic E-state index is -3.77. The van der Waals surface area contributed by atoms with Gasteiger partial charge < -0.3 is 10.1 Å². The predicted molar refractivity (Wildman–Crippen MR) is 108 cm³/mol. The van der Waals surface area contributed by atoms with Gasteiger partial charge in [-0.05, 0) is 48.1 Å². The largest absolute Gasteiger partial charge is 0.495 e. The van der Waals surface area contributed by atoms with Gasteiger partial charge in [0.1, 0.15) is 16.0 Å². The number of amides is 1. The smallest absolute Gasteiger partial charge is 0.250 e. The van der Waals surface area contributed by atoms with E-state index in [1.807, 2.05) is 6.26 Å². The summed E-state index contributed by atoms with van der Waals surface area (Å²) in [5, 5.41) is 4.80. The molecular weight excluding hydrogens is 416 g/mol. The molecule has 1 amide bonds. The summed E-state index contributed by atoms with van der Waals surface area (Å²) in [5.41, 5.74) is 0.384. The van der Waals surface area contributed by atoms with E-state index >= 15 is 0 Å². The number of nitrogens with one attached hydrogen (secondary N) is 2. The van der Waals surface area contributed by atoms with Crippen molar-refractivity contribution in [3.63, 3.8) is 0 Å². The quantitative estimate of drug-likeness (QED) is 0.631. The maximum absolute atomic E-state index is 12.7. The number of anilines is 1. The van der Waals surface area contributed by atoms with Gasteiger partial charge in [-0.2, -0.15) is 16.5 Å². The number of sulfonamides is 1. The van der Waals surface area contributed by atoms with Crippen molar-refractivity contribution in [3.05, 3.63) is 40.7 Å². The van der Waals surface area contributed by atoms with Crippen LogP contribution in [0.4, 0.5) is 5.69 Å². The monoisotopic (exact) mass is 434 g/mol. The van der Waals surface area contributed by atoms with Gasteiger partial charge in [-0.15, -0.1) is 11.3 Å². The molecule has 1 aromatic carbocycles.